The average molecular weight is 460 g/mol. The van der Waals surface area contributed by atoms with Crippen LogP contribution >= 0.6 is 11.6 Å². The van der Waals surface area contributed by atoms with Crippen LogP contribution in [0.25, 0.3) is 11.0 Å². The summed E-state index contributed by atoms with van der Waals surface area (Å²) in [5, 5.41) is 8.85. The zero-order valence-corrected chi connectivity index (χ0v) is 19.2. The fourth-order valence-electron chi connectivity index (χ4n) is 3.62. The molecule has 11 heteroatoms. The topological polar surface area (TPSA) is 131 Å². The summed E-state index contributed by atoms with van der Waals surface area (Å²) in [6.07, 6.45) is 1.29. The number of hydrogen-bond acceptors (Lipinski definition) is 6. The Hall–Kier alpha value is -3.24. The van der Waals surface area contributed by atoms with Gasteiger partial charge in [0.25, 0.3) is 17.6 Å². The molecule has 0 spiro atoms. The summed E-state index contributed by atoms with van der Waals surface area (Å²) >= 11 is 5.85. The van der Waals surface area contributed by atoms with Crippen LogP contribution in [-0.4, -0.2) is 46.5 Å². The zero-order chi connectivity index (χ0) is 23.3. The minimum Gasteiger partial charge on any atom is -0.382 e. The number of rotatable bonds is 9. The van der Waals surface area contributed by atoms with E-state index in [9.17, 15) is 9.59 Å². The molecule has 3 rings (SSSR count). The van der Waals surface area contributed by atoms with Crippen molar-refractivity contribution in [2.75, 3.05) is 25.9 Å². The molecule has 0 saturated carbocycles. The van der Waals surface area contributed by atoms with Crippen LogP contribution in [0.1, 0.15) is 40.5 Å². The van der Waals surface area contributed by atoms with Crippen molar-refractivity contribution in [2.24, 2.45) is 0 Å². The molecule has 1 aromatic carbocycles. The summed E-state index contributed by atoms with van der Waals surface area (Å²) < 4.78 is 4.19. The van der Waals surface area contributed by atoms with Gasteiger partial charge in [0.05, 0.1) is 19.3 Å². The number of aromatic nitrogens is 4. The molecular weight excluding hydrogens is 432 g/mol. The quantitative estimate of drug-likeness (QED) is 0.277. The van der Waals surface area contributed by atoms with Crippen LogP contribution in [0, 0.1) is 0 Å². The van der Waals surface area contributed by atoms with Gasteiger partial charge in [-0.3, -0.25) is 9.59 Å². The standard InChI is InChI=1S/C21H27ClN8O2/c1-4-29-14-7-6-13(20(31)25-9-8-24-3)10-15(14)30(5-2)17(29)12-27-21(32)18-19(23)26-11-16(22)28-18/h6-7,10-11,24H,4-5,8-9,12H2,1-3H3,(H3-,23,25,26,27,31,32)/p+1. The monoisotopic (exact) mass is 459 g/mol. The maximum Gasteiger partial charge on any atom is 0.277 e. The third-order valence-corrected chi connectivity index (χ3v) is 5.31. The van der Waals surface area contributed by atoms with Crippen molar-refractivity contribution in [3.63, 3.8) is 0 Å². The first-order valence-electron chi connectivity index (χ1n) is 10.4. The van der Waals surface area contributed by atoms with Gasteiger partial charge in [0.15, 0.2) is 22.5 Å². The van der Waals surface area contributed by atoms with E-state index in [0.29, 0.717) is 31.7 Å². The largest absolute Gasteiger partial charge is 0.382 e. The lowest BCUT2D eigenvalue weighted by Crippen LogP contribution is -2.40. The average Bonchev–Trinajstić information content (AvgIpc) is 3.10. The van der Waals surface area contributed by atoms with Crippen LogP contribution in [-0.2, 0) is 19.6 Å². The number of fused-ring (bicyclic) bond motifs is 1. The van der Waals surface area contributed by atoms with Crippen LogP contribution in [0.5, 0.6) is 0 Å². The Balaban J connectivity index is 1.91. The van der Waals surface area contributed by atoms with Crippen molar-refractivity contribution in [3.05, 3.63) is 46.6 Å². The van der Waals surface area contributed by atoms with Crippen molar-refractivity contribution in [2.45, 2.75) is 33.5 Å². The molecule has 0 aliphatic heterocycles. The lowest BCUT2D eigenvalue weighted by molar-refractivity contribution is -0.676. The first-order valence-corrected chi connectivity index (χ1v) is 10.8. The molecule has 2 amide bonds. The molecule has 0 unspecified atom stereocenters. The number of nitrogens with one attached hydrogen (secondary N) is 3. The highest BCUT2D eigenvalue weighted by molar-refractivity contribution is 6.29. The van der Waals surface area contributed by atoms with Gasteiger partial charge in [-0.05, 0) is 33.0 Å². The van der Waals surface area contributed by atoms with Gasteiger partial charge in [0.1, 0.15) is 11.7 Å². The predicted molar refractivity (Wildman–Crippen MR) is 122 cm³/mol. The summed E-state index contributed by atoms with van der Waals surface area (Å²) in [4.78, 5) is 33.0. The minimum absolute atomic E-state index is 0.0137. The Labute approximate surface area is 191 Å². The van der Waals surface area contributed by atoms with Gasteiger partial charge >= 0.3 is 0 Å². The second kappa shape index (κ2) is 10.4. The van der Waals surface area contributed by atoms with Crippen LogP contribution in [0.3, 0.4) is 0 Å². The van der Waals surface area contributed by atoms with Crippen molar-refractivity contribution < 1.29 is 14.2 Å². The number of amides is 2. The number of nitrogen functional groups attached to an aromatic ring is 1. The van der Waals surface area contributed by atoms with E-state index in [1.165, 1.54) is 6.20 Å². The van der Waals surface area contributed by atoms with Crippen molar-refractivity contribution >= 4 is 40.3 Å². The van der Waals surface area contributed by atoms with Gasteiger partial charge < -0.3 is 21.7 Å². The van der Waals surface area contributed by atoms with Gasteiger partial charge in [-0.2, -0.15) is 0 Å². The number of benzene rings is 1. The predicted octanol–water partition coefficient (Wildman–Crippen LogP) is 0.873. The molecule has 3 aromatic rings. The number of carbonyl (C=O) groups is 2. The number of nitrogens with two attached hydrogens (primary N) is 1. The molecule has 32 heavy (non-hydrogen) atoms. The van der Waals surface area contributed by atoms with Gasteiger partial charge in [-0.25, -0.2) is 19.1 Å². The summed E-state index contributed by atoms with van der Waals surface area (Å²) in [7, 11) is 1.84. The van der Waals surface area contributed by atoms with Crippen LogP contribution < -0.4 is 26.3 Å². The number of halogens is 1. The van der Waals surface area contributed by atoms with E-state index in [1.807, 2.05) is 39.1 Å². The summed E-state index contributed by atoms with van der Waals surface area (Å²) in [6.45, 7) is 6.89. The van der Waals surface area contributed by atoms with Crippen molar-refractivity contribution in [1.29, 1.82) is 0 Å². The Morgan fingerprint density at radius 2 is 1.97 bits per heavy atom. The zero-order valence-electron chi connectivity index (χ0n) is 18.4. The lowest BCUT2D eigenvalue weighted by Gasteiger charge is -2.07. The van der Waals surface area contributed by atoms with Gasteiger partial charge in [0.2, 0.25) is 0 Å². The van der Waals surface area contributed by atoms with E-state index in [1.54, 1.807) is 0 Å². The van der Waals surface area contributed by atoms with E-state index in [4.69, 9.17) is 17.3 Å². The minimum atomic E-state index is -0.460. The number of carbonyl (C=O) groups excluding carboxylic acids is 2. The maximum absolute atomic E-state index is 12.6. The van der Waals surface area contributed by atoms with E-state index >= 15 is 0 Å². The molecule has 2 heterocycles. The molecule has 5 N–H and O–H groups in total. The molecule has 0 saturated heterocycles. The molecule has 0 atom stereocenters. The second-order valence-corrected chi connectivity index (χ2v) is 7.46. The van der Waals surface area contributed by atoms with E-state index < -0.39 is 5.91 Å². The first kappa shape index (κ1) is 23.4. The highest BCUT2D eigenvalue weighted by Crippen LogP contribution is 2.18. The smallest absolute Gasteiger partial charge is 0.277 e. The number of likely N-dealkylation sites (N-methyl/N-ethyl adjacent to an activating group) is 1. The Kier molecular flexibility index (Phi) is 7.60. The van der Waals surface area contributed by atoms with E-state index in [0.717, 1.165) is 16.9 Å². The third kappa shape index (κ3) is 4.81. The number of hydrogen-bond donors (Lipinski definition) is 4. The molecular formula is C21H28ClN8O2+. The second-order valence-electron chi connectivity index (χ2n) is 7.08. The third-order valence-electron chi connectivity index (χ3n) is 5.13. The molecule has 10 nitrogen and oxygen atoms in total. The van der Waals surface area contributed by atoms with Crippen molar-refractivity contribution in [3.8, 4) is 0 Å². The van der Waals surface area contributed by atoms with Crippen LogP contribution in [0.4, 0.5) is 5.82 Å². The first-order chi connectivity index (χ1) is 15.4. The highest BCUT2D eigenvalue weighted by Gasteiger charge is 2.25. The van der Waals surface area contributed by atoms with Gasteiger partial charge in [-0.15, -0.1) is 0 Å². The highest BCUT2D eigenvalue weighted by atomic mass is 35.5. The summed E-state index contributed by atoms with van der Waals surface area (Å²) in [5.41, 5.74) is 8.24. The number of imidazole rings is 1. The number of nitrogens with zero attached hydrogens (tertiary/aromatic N) is 4. The summed E-state index contributed by atoms with van der Waals surface area (Å²) in [6, 6.07) is 5.63. The molecule has 0 aliphatic rings. The Morgan fingerprint density at radius 1 is 1.19 bits per heavy atom. The van der Waals surface area contributed by atoms with E-state index in [-0.39, 0.29) is 29.1 Å². The molecule has 2 aromatic heterocycles. The Bertz CT molecular complexity index is 1140. The fraction of sp³-hybridized carbons (Fsp3) is 0.381. The number of anilines is 1. The molecule has 170 valence electrons. The lowest BCUT2D eigenvalue weighted by atomic mass is 10.2. The molecule has 0 aliphatic carbocycles. The van der Waals surface area contributed by atoms with Gasteiger partial charge in [0, 0.05) is 24.7 Å². The molecule has 0 bridgehead atoms. The van der Waals surface area contributed by atoms with E-state index in [2.05, 4.69) is 35.1 Å². The summed E-state index contributed by atoms with van der Waals surface area (Å²) in [5.74, 6) is 0.316. The Morgan fingerprint density at radius 3 is 2.66 bits per heavy atom. The number of aryl methyl sites for hydroxylation is 2. The molecule has 0 radical (unpaired) electrons. The maximum atomic E-state index is 12.6. The molecule has 0 fully saturated rings. The normalized spacial score (nSPS) is 11.0. The van der Waals surface area contributed by atoms with Crippen LogP contribution in [0.2, 0.25) is 5.15 Å². The van der Waals surface area contributed by atoms with Gasteiger partial charge in [-0.1, -0.05) is 11.6 Å². The fourth-order valence-corrected chi connectivity index (χ4v) is 3.75. The SMILES string of the molecule is CCn1c(CNC(=O)c2nc(Cl)cnc2N)[n+](CC)c2ccc(C(=O)NCCNC)cc21. The van der Waals surface area contributed by atoms with Crippen molar-refractivity contribution in [1.82, 2.24) is 30.5 Å². The van der Waals surface area contributed by atoms with Crippen LogP contribution in [0.15, 0.2) is 24.4 Å².